The van der Waals surface area contributed by atoms with Gasteiger partial charge in [0.2, 0.25) is 0 Å². The number of nitrogen functional groups attached to an aromatic ring is 1. The van der Waals surface area contributed by atoms with Gasteiger partial charge >= 0.3 is 0 Å². The highest BCUT2D eigenvalue weighted by Crippen LogP contribution is 2.22. The molecule has 0 amide bonds. The van der Waals surface area contributed by atoms with Crippen LogP contribution >= 0.6 is 0 Å². The zero-order valence-electron chi connectivity index (χ0n) is 9.73. The first kappa shape index (κ1) is 10.8. The van der Waals surface area contributed by atoms with E-state index in [1.54, 1.807) is 0 Å². The van der Waals surface area contributed by atoms with E-state index in [4.69, 9.17) is 10.2 Å². The van der Waals surface area contributed by atoms with Crippen molar-refractivity contribution in [3.8, 4) is 0 Å². The summed E-state index contributed by atoms with van der Waals surface area (Å²) >= 11 is 0. The second kappa shape index (κ2) is 4.43. The Kier molecular flexibility index (Phi) is 2.99. The molecule has 1 heterocycles. The molecular weight excluding hydrogens is 202 g/mol. The molecule has 1 aromatic carbocycles. The summed E-state index contributed by atoms with van der Waals surface area (Å²) in [5.74, 6) is 0. The number of unbranched alkanes of at least 4 members (excludes halogenated alkanes) is 1. The Labute approximate surface area is 95.1 Å². The molecule has 0 bridgehead atoms. The molecular formula is C12H17N3O. The molecule has 0 saturated heterocycles. The quantitative estimate of drug-likeness (QED) is 0.803. The number of nitrogens with two attached hydrogens (primary N) is 1. The van der Waals surface area contributed by atoms with Crippen LogP contribution in [0.2, 0.25) is 0 Å². The van der Waals surface area contributed by atoms with E-state index in [0.717, 1.165) is 30.5 Å². The van der Waals surface area contributed by atoms with Gasteiger partial charge in [-0.15, -0.1) is 0 Å². The first-order valence-corrected chi connectivity index (χ1v) is 5.58. The number of anilines is 2. The highest BCUT2D eigenvalue weighted by atomic mass is 16.4. The Morgan fingerprint density at radius 2 is 2.25 bits per heavy atom. The third kappa shape index (κ3) is 2.10. The van der Waals surface area contributed by atoms with E-state index in [1.165, 1.54) is 0 Å². The Hall–Kier alpha value is -1.71. The van der Waals surface area contributed by atoms with E-state index >= 15 is 0 Å². The molecule has 0 fully saturated rings. The fourth-order valence-electron chi connectivity index (χ4n) is 1.59. The molecule has 0 radical (unpaired) electrons. The monoisotopic (exact) mass is 219 g/mol. The summed E-state index contributed by atoms with van der Waals surface area (Å²) in [5.41, 5.74) is 8.01. The van der Waals surface area contributed by atoms with E-state index in [2.05, 4.69) is 11.9 Å². The Morgan fingerprint density at radius 3 is 3.00 bits per heavy atom. The lowest BCUT2D eigenvalue weighted by molar-refractivity contribution is 0.576. The van der Waals surface area contributed by atoms with Crippen LogP contribution in [0.15, 0.2) is 22.6 Å². The minimum atomic E-state index is 0.661. The van der Waals surface area contributed by atoms with Gasteiger partial charge < -0.3 is 15.1 Å². The summed E-state index contributed by atoms with van der Waals surface area (Å²) in [6.07, 6.45) is 2.30. The molecule has 0 spiro atoms. The third-order valence-corrected chi connectivity index (χ3v) is 2.57. The SMILES string of the molecule is CCCCN(C)c1nc2cc(N)ccc2o1. The largest absolute Gasteiger partial charge is 0.423 e. The lowest BCUT2D eigenvalue weighted by Gasteiger charge is -2.12. The molecule has 0 aliphatic heterocycles. The molecule has 0 unspecified atom stereocenters. The number of rotatable bonds is 4. The van der Waals surface area contributed by atoms with Crippen molar-refractivity contribution in [1.29, 1.82) is 0 Å². The molecule has 2 N–H and O–H groups in total. The van der Waals surface area contributed by atoms with Crippen molar-refractivity contribution in [3.05, 3.63) is 18.2 Å². The standard InChI is InChI=1S/C12H17N3O/c1-3-4-7-15(2)12-14-10-8-9(13)5-6-11(10)16-12/h5-6,8H,3-4,7,13H2,1-2H3. The van der Waals surface area contributed by atoms with Crippen molar-refractivity contribution in [2.45, 2.75) is 19.8 Å². The van der Waals surface area contributed by atoms with Crippen molar-refractivity contribution in [1.82, 2.24) is 4.98 Å². The fraction of sp³-hybridized carbons (Fsp3) is 0.417. The van der Waals surface area contributed by atoms with Crippen molar-refractivity contribution in [3.63, 3.8) is 0 Å². The number of hydrogen-bond acceptors (Lipinski definition) is 4. The van der Waals surface area contributed by atoms with E-state index < -0.39 is 0 Å². The first-order chi connectivity index (χ1) is 7.70. The summed E-state index contributed by atoms with van der Waals surface area (Å²) in [7, 11) is 1.99. The second-order valence-corrected chi connectivity index (χ2v) is 4.00. The summed E-state index contributed by atoms with van der Waals surface area (Å²) in [4.78, 5) is 6.43. The van der Waals surface area contributed by atoms with Crippen LogP contribution in [-0.4, -0.2) is 18.6 Å². The fourth-order valence-corrected chi connectivity index (χ4v) is 1.59. The lowest BCUT2D eigenvalue weighted by Crippen LogP contribution is -2.18. The zero-order chi connectivity index (χ0) is 11.5. The van der Waals surface area contributed by atoms with E-state index in [9.17, 15) is 0 Å². The van der Waals surface area contributed by atoms with Crippen molar-refractivity contribution in [2.24, 2.45) is 0 Å². The highest BCUT2D eigenvalue weighted by molar-refractivity contribution is 5.78. The van der Waals surface area contributed by atoms with Crippen LogP contribution in [0, 0.1) is 0 Å². The van der Waals surface area contributed by atoms with Gasteiger partial charge in [0.25, 0.3) is 6.01 Å². The maximum absolute atomic E-state index is 5.69. The van der Waals surface area contributed by atoms with Crippen LogP contribution in [0.5, 0.6) is 0 Å². The summed E-state index contributed by atoms with van der Waals surface area (Å²) < 4.78 is 5.64. The number of nitrogens with zero attached hydrogens (tertiary/aromatic N) is 2. The summed E-state index contributed by atoms with van der Waals surface area (Å²) in [6.45, 7) is 3.12. The summed E-state index contributed by atoms with van der Waals surface area (Å²) in [5, 5.41) is 0. The van der Waals surface area contributed by atoms with E-state index in [1.807, 2.05) is 30.1 Å². The normalized spacial score (nSPS) is 10.9. The molecule has 2 rings (SSSR count). The van der Waals surface area contributed by atoms with Crippen LogP contribution in [0.4, 0.5) is 11.7 Å². The minimum Gasteiger partial charge on any atom is -0.423 e. The number of oxazole rings is 1. The van der Waals surface area contributed by atoms with Crippen LogP contribution in [0.3, 0.4) is 0 Å². The molecule has 4 nitrogen and oxygen atoms in total. The molecule has 0 aliphatic carbocycles. The van der Waals surface area contributed by atoms with Gasteiger partial charge in [-0.25, -0.2) is 0 Å². The zero-order valence-corrected chi connectivity index (χ0v) is 9.73. The number of aromatic nitrogens is 1. The minimum absolute atomic E-state index is 0.661. The number of hydrogen-bond donors (Lipinski definition) is 1. The second-order valence-electron chi connectivity index (χ2n) is 4.00. The molecule has 0 saturated carbocycles. The average Bonchev–Trinajstić information content (AvgIpc) is 2.68. The van der Waals surface area contributed by atoms with Gasteiger partial charge in [-0.2, -0.15) is 4.98 Å². The van der Waals surface area contributed by atoms with Gasteiger partial charge in [-0.3, -0.25) is 0 Å². The lowest BCUT2D eigenvalue weighted by atomic mass is 10.3. The third-order valence-electron chi connectivity index (χ3n) is 2.57. The number of benzene rings is 1. The van der Waals surface area contributed by atoms with Gasteiger partial charge in [-0.1, -0.05) is 13.3 Å². The highest BCUT2D eigenvalue weighted by Gasteiger charge is 2.09. The molecule has 16 heavy (non-hydrogen) atoms. The predicted octanol–water partition coefficient (Wildman–Crippen LogP) is 2.65. The van der Waals surface area contributed by atoms with Crippen LogP contribution in [0.25, 0.3) is 11.1 Å². The molecule has 0 aliphatic rings. The Bertz CT molecular complexity index is 478. The molecule has 4 heteroatoms. The van der Waals surface area contributed by atoms with E-state index in [-0.39, 0.29) is 0 Å². The van der Waals surface area contributed by atoms with Gasteiger partial charge in [0.1, 0.15) is 5.52 Å². The van der Waals surface area contributed by atoms with Gasteiger partial charge in [0, 0.05) is 19.3 Å². The van der Waals surface area contributed by atoms with Crippen LogP contribution in [-0.2, 0) is 0 Å². The van der Waals surface area contributed by atoms with Gasteiger partial charge in [0.15, 0.2) is 5.58 Å². The maximum Gasteiger partial charge on any atom is 0.298 e. The van der Waals surface area contributed by atoms with Crippen molar-refractivity contribution >= 4 is 22.8 Å². The molecule has 2 aromatic rings. The molecule has 86 valence electrons. The van der Waals surface area contributed by atoms with Gasteiger partial charge in [-0.05, 0) is 24.6 Å². The Balaban J connectivity index is 2.25. The van der Waals surface area contributed by atoms with Crippen LogP contribution in [0.1, 0.15) is 19.8 Å². The van der Waals surface area contributed by atoms with Crippen molar-refractivity contribution < 1.29 is 4.42 Å². The van der Waals surface area contributed by atoms with Gasteiger partial charge in [0.05, 0.1) is 0 Å². The maximum atomic E-state index is 5.69. The number of fused-ring (bicyclic) bond motifs is 1. The average molecular weight is 219 g/mol. The summed E-state index contributed by atoms with van der Waals surface area (Å²) in [6, 6.07) is 6.17. The van der Waals surface area contributed by atoms with E-state index in [0.29, 0.717) is 11.7 Å². The Morgan fingerprint density at radius 1 is 1.44 bits per heavy atom. The topological polar surface area (TPSA) is 55.3 Å². The molecule has 1 aromatic heterocycles. The smallest absolute Gasteiger partial charge is 0.298 e. The van der Waals surface area contributed by atoms with Crippen molar-refractivity contribution in [2.75, 3.05) is 24.2 Å². The first-order valence-electron chi connectivity index (χ1n) is 5.58. The predicted molar refractivity (Wildman–Crippen MR) is 66.6 cm³/mol. The molecule has 0 atom stereocenters. The van der Waals surface area contributed by atoms with Crippen LogP contribution < -0.4 is 10.6 Å².